The molecule has 0 aromatic heterocycles. The van der Waals surface area contributed by atoms with Gasteiger partial charge in [0.1, 0.15) is 12.2 Å². The van der Waals surface area contributed by atoms with E-state index in [4.69, 9.17) is 14.2 Å². The Bertz CT molecular complexity index is 474. The number of esters is 1. The molecule has 0 amide bonds. The first-order valence-electron chi connectivity index (χ1n) is 10.8. The van der Waals surface area contributed by atoms with Gasteiger partial charge in [-0.2, -0.15) is 0 Å². The van der Waals surface area contributed by atoms with Gasteiger partial charge < -0.3 is 19.3 Å². The SMILES string of the molecule is C=C[C@H](O)CC(=O)O[C@@H](CCCCCCCCC)C[C@H]1OC(C)(C)O[C@@H]1C=C. The number of hydrogen-bond acceptors (Lipinski definition) is 5. The van der Waals surface area contributed by atoms with Crippen molar-refractivity contribution in [1.82, 2.24) is 0 Å². The number of ether oxygens (including phenoxy) is 3. The highest BCUT2D eigenvalue weighted by molar-refractivity contribution is 5.70. The van der Waals surface area contributed by atoms with Crippen LogP contribution in [0, 0.1) is 0 Å². The molecule has 1 saturated heterocycles. The third-order valence-electron chi connectivity index (χ3n) is 5.02. The predicted octanol–water partition coefficient (Wildman–Crippen LogP) is 5.07. The minimum atomic E-state index is -0.877. The number of carbonyl (C=O) groups excluding carboxylic acids is 1. The molecule has 1 aliphatic heterocycles. The molecule has 1 aliphatic rings. The molecule has 1 rings (SSSR count). The van der Waals surface area contributed by atoms with E-state index in [2.05, 4.69) is 20.1 Å². The van der Waals surface area contributed by atoms with Gasteiger partial charge in [0.2, 0.25) is 0 Å². The first kappa shape index (κ1) is 24.9. The molecule has 28 heavy (non-hydrogen) atoms. The lowest BCUT2D eigenvalue weighted by atomic mass is 10.0. The van der Waals surface area contributed by atoms with Crippen molar-refractivity contribution >= 4 is 5.97 Å². The van der Waals surface area contributed by atoms with Crippen LogP contribution < -0.4 is 0 Å². The van der Waals surface area contributed by atoms with Crippen LogP contribution in [0.5, 0.6) is 0 Å². The van der Waals surface area contributed by atoms with Crippen LogP contribution in [0.4, 0.5) is 0 Å². The number of aliphatic hydroxyl groups excluding tert-OH is 1. The highest BCUT2D eigenvalue weighted by Gasteiger charge is 2.41. The van der Waals surface area contributed by atoms with Gasteiger partial charge in [-0.25, -0.2) is 0 Å². The fourth-order valence-corrected chi connectivity index (χ4v) is 3.55. The van der Waals surface area contributed by atoms with Gasteiger partial charge in [0.25, 0.3) is 0 Å². The van der Waals surface area contributed by atoms with E-state index < -0.39 is 17.9 Å². The Morgan fingerprint density at radius 2 is 1.79 bits per heavy atom. The monoisotopic (exact) mass is 396 g/mol. The third kappa shape index (κ3) is 9.85. The summed E-state index contributed by atoms with van der Waals surface area (Å²) in [6, 6.07) is 0. The smallest absolute Gasteiger partial charge is 0.309 e. The largest absolute Gasteiger partial charge is 0.462 e. The molecule has 0 aromatic rings. The third-order valence-corrected chi connectivity index (χ3v) is 5.02. The summed E-state index contributed by atoms with van der Waals surface area (Å²) in [4.78, 5) is 12.2. The van der Waals surface area contributed by atoms with Crippen LogP contribution in [0.25, 0.3) is 0 Å². The molecular weight excluding hydrogens is 356 g/mol. The van der Waals surface area contributed by atoms with E-state index in [1.807, 2.05) is 13.8 Å². The summed E-state index contributed by atoms with van der Waals surface area (Å²) in [7, 11) is 0. The molecule has 0 saturated carbocycles. The fraction of sp³-hybridized carbons (Fsp3) is 0.783. The van der Waals surface area contributed by atoms with Gasteiger partial charge in [-0.05, 0) is 26.7 Å². The summed E-state index contributed by atoms with van der Waals surface area (Å²) in [6.45, 7) is 13.3. The lowest BCUT2D eigenvalue weighted by Gasteiger charge is -2.23. The molecule has 0 unspecified atom stereocenters. The van der Waals surface area contributed by atoms with Crippen molar-refractivity contribution in [3.8, 4) is 0 Å². The van der Waals surface area contributed by atoms with Gasteiger partial charge in [0.05, 0.1) is 18.6 Å². The zero-order valence-electron chi connectivity index (χ0n) is 18.0. The van der Waals surface area contributed by atoms with Crippen molar-refractivity contribution in [2.45, 2.75) is 115 Å². The van der Waals surface area contributed by atoms with Crippen LogP contribution in [0.15, 0.2) is 25.3 Å². The van der Waals surface area contributed by atoms with Crippen LogP contribution in [0.2, 0.25) is 0 Å². The summed E-state index contributed by atoms with van der Waals surface area (Å²) in [5, 5.41) is 9.61. The van der Waals surface area contributed by atoms with Crippen molar-refractivity contribution in [3.05, 3.63) is 25.3 Å². The molecular formula is C23H40O5. The van der Waals surface area contributed by atoms with Gasteiger partial charge in [-0.3, -0.25) is 4.79 Å². The minimum Gasteiger partial charge on any atom is -0.462 e. The fourth-order valence-electron chi connectivity index (χ4n) is 3.55. The van der Waals surface area contributed by atoms with Gasteiger partial charge in [-0.15, -0.1) is 13.2 Å². The molecule has 5 heteroatoms. The number of hydrogen-bond donors (Lipinski definition) is 1. The Labute approximate surface area is 171 Å². The van der Waals surface area contributed by atoms with Crippen LogP contribution in [0.1, 0.15) is 85.0 Å². The molecule has 0 aliphatic carbocycles. The molecule has 1 heterocycles. The quantitative estimate of drug-likeness (QED) is 0.238. The topological polar surface area (TPSA) is 65.0 Å². The van der Waals surface area contributed by atoms with Crippen LogP contribution in [-0.4, -0.2) is 41.3 Å². The zero-order valence-corrected chi connectivity index (χ0v) is 18.0. The molecule has 0 bridgehead atoms. The Kier molecular flexibility index (Phi) is 11.7. The zero-order chi connectivity index (χ0) is 21.0. The van der Waals surface area contributed by atoms with E-state index in [1.165, 1.54) is 38.2 Å². The van der Waals surface area contributed by atoms with Crippen molar-refractivity contribution in [2.75, 3.05) is 0 Å². The highest BCUT2D eigenvalue weighted by Crippen LogP contribution is 2.32. The van der Waals surface area contributed by atoms with Crippen molar-refractivity contribution in [3.63, 3.8) is 0 Å². The normalized spacial score (nSPS) is 23.1. The molecule has 1 N–H and O–H groups in total. The maximum atomic E-state index is 12.2. The van der Waals surface area contributed by atoms with Crippen molar-refractivity contribution in [2.24, 2.45) is 0 Å². The summed E-state index contributed by atoms with van der Waals surface area (Å²) in [5.41, 5.74) is 0. The highest BCUT2D eigenvalue weighted by atomic mass is 16.8. The van der Waals surface area contributed by atoms with Crippen LogP contribution >= 0.6 is 0 Å². The average molecular weight is 397 g/mol. The Morgan fingerprint density at radius 3 is 2.39 bits per heavy atom. The van der Waals surface area contributed by atoms with Crippen molar-refractivity contribution in [1.29, 1.82) is 0 Å². The molecule has 4 atom stereocenters. The lowest BCUT2D eigenvalue weighted by Crippen LogP contribution is -2.30. The average Bonchev–Trinajstić information content (AvgIpc) is 2.93. The van der Waals surface area contributed by atoms with Gasteiger partial charge in [0.15, 0.2) is 5.79 Å². The lowest BCUT2D eigenvalue weighted by molar-refractivity contribution is -0.157. The maximum absolute atomic E-state index is 12.2. The Balaban J connectivity index is 2.55. The molecule has 0 aromatic carbocycles. The predicted molar refractivity (Wildman–Crippen MR) is 112 cm³/mol. The van der Waals surface area contributed by atoms with E-state index >= 15 is 0 Å². The van der Waals surface area contributed by atoms with E-state index in [9.17, 15) is 9.90 Å². The van der Waals surface area contributed by atoms with E-state index in [0.717, 1.165) is 19.3 Å². The van der Waals surface area contributed by atoms with Gasteiger partial charge in [0, 0.05) is 6.42 Å². The van der Waals surface area contributed by atoms with Crippen molar-refractivity contribution < 1.29 is 24.1 Å². The summed E-state index contributed by atoms with van der Waals surface area (Å²) >= 11 is 0. The molecule has 5 nitrogen and oxygen atoms in total. The molecule has 0 spiro atoms. The standard InChI is InChI=1S/C23H40O5/c1-6-9-10-11-12-13-14-15-19(26-22(25)16-18(24)7-2)17-21-20(8-3)27-23(4,5)28-21/h7-8,18-21,24H,2-3,6,9-17H2,1,4-5H3/t18-,19-,20+,21+/m0/s1. The van der Waals surface area contributed by atoms with E-state index in [1.54, 1.807) is 6.08 Å². The summed E-state index contributed by atoms with van der Waals surface area (Å²) in [5.74, 6) is -1.08. The second-order valence-corrected chi connectivity index (χ2v) is 8.14. The van der Waals surface area contributed by atoms with E-state index in [-0.39, 0.29) is 24.7 Å². The molecule has 0 radical (unpaired) electrons. The summed E-state index contributed by atoms with van der Waals surface area (Å²) < 4.78 is 17.5. The number of carbonyl (C=O) groups is 1. The van der Waals surface area contributed by atoms with Gasteiger partial charge in [-0.1, -0.05) is 57.6 Å². The Hall–Kier alpha value is -1.17. The number of aliphatic hydroxyl groups is 1. The molecule has 162 valence electrons. The minimum absolute atomic E-state index is 0.0740. The second-order valence-electron chi connectivity index (χ2n) is 8.14. The van der Waals surface area contributed by atoms with Crippen LogP contribution in [0.3, 0.4) is 0 Å². The van der Waals surface area contributed by atoms with E-state index in [0.29, 0.717) is 6.42 Å². The Morgan fingerprint density at radius 1 is 1.14 bits per heavy atom. The first-order valence-corrected chi connectivity index (χ1v) is 10.8. The molecule has 1 fully saturated rings. The summed E-state index contributed by atoms with van der Waals surface area (Å²) in [6.07, 6.45) is 11.2. The first-order chi connectivity index (χ1) is 13.3. The number of unbranched alkanes of at least 4 members (excludes halogenated alkanes) is 6. The van der Waals surface area contributed by atoms with Crippen LogP contribution in [-0.2, 0) is 19.0 Å². The maximum Gasteiger partial charge on any atom is 0.309 e. The second kappa shape index (κ2) is 13.1. The van der Waals surface area contributed by atoms with Gasteiger partial charge >= 0.3 is 5.97 Å². The number of rotatable bonds is 15.